The van der Waals surface area contributed by atoms with Gasteiger partial charge in [-0.25, -0.2) is 0 Å². The molecule has 4 nitrogen and oxygen atoms in total. The van der Waals surface area contributed by atoms with E-state index in [1.165, 1.54) is 0 Å². The summed E-state index contributed by atoms with van der Waals surface area (Å²) in [5.41, 5.74) is 2.18. The SMILES string of the molecule is CCN(CC)C(CNC(=O)CSCc1cccnc1)c1ccccc1Cl. The fourth-order valence-electron chi connectivity index (χ4n) is 2.85. The van der Waals surface area contributed by atoms with Crippen molar-refractivity contribution < 1.29 is 4.79 Å². The molecular formula is C20H26ClN3OS. The topological polar surface area (TPSA) is 45.2 Å². The number of nitrogens with one attached hydrogen (secondary N) is 1. The Kier molecular flexibility index (Phi) is 8.95. The van der Waals surface area contributed by atoms with Crippen LogP contribution in [0.5, 0.6) is 0 Å². The summed E-state index contributed by atoms with van der Waals surface area (Å²) in [4.78, 5) is 18.7. The highest BCUT2D eigenvalue weighted by Crippen LogP contribution is 2.27. The smallest absolute Gasteiger partial charge is 0.230 e. The van der Waals surface area contributed by atoms with Crippen molar-refractivity contribution in [3.8, 4) is 0 Å². The van der Waals surface area contributed by atoms with Crippen LogP contribution in [0.3, 0.4) is 0 Å². The average molecular weight is 392 g/mol. The first-order valence-electron chi connectivity index (χ1n) is 8.87. The van der Waals surface area contributed by atoms with E-state index in [-0.39, 0.29) is 11.9 Å². The maximum atomic E-state index is 12.3. The Morgan fingerprint density at radius 2 is 2.00 bits per heavy atom. The van der Waals surface area contributed by atoms with Gasteiger partial charge in [0.25, 0.3) is 0 Å². The molecule has 6 heteroatoms. The van der Waals surface area contributed by atoms with Crippen molar-refractivity contribution in [2.45, 2.75) is 25.6 Å². The fraction of sp³-hybridized carbons (Fsp3) is 0.400. The third-order valence-electron chi connectivity index (χ3n) is 4.23. The normalized spacial score (nSPS) is 12.2. The largest absolute Gasteiger partial charge is 0.353 e. The average Bonchev–Trinajstić information content (AvgIpc) is 2.67. The zero-order valence-electron chi connectivity index (χ0n) is 15.3. The van der Waals surface area contributed by atoms with E-state index >= 15 is 0 Å². The van der Waals surface area contributed by atoms with Crippen LogP contribution in [0, 0.1) is 0 Å². The lowest BCUT2D eigenvalue weighted by atomic mass is 10.0. The summed E-state index contributed by atoms with van der Waals surface area (Å²) < 4.78 is 0. The van der Waals surface area contributed by atoms with E-state index in [1.54, 1.807) is 18.0 Å². The first kappa shape index (κ1) is 20.7. The van der Waals surface area contributed by atoms with Gasteiger partial charge in [0.05, 0.1) is 11.8 Å². The van der Waals surface area contributed by atoms with Gasteiger partial charge in [0.1, 0.15) is 0 Å². The van der Waals surface area contributed by atoms with Gasteiger partial charge in [-0.2, -0.15) is 0 Å². The second-order valence-corrected chi connectivity index (χ2v) is 7.31. The van der Waals surface area contributed by atoms with Gasteiger partial charge in [0, 0.05) is 29.7 Å². The highest BCUT2D eigenvalue weighted by atomic mass is 35.5. The van der Waals surface area contributed by atoms with Crippen LogP contribution in [-0.4, -0.2) is 41.2 Å². The number of rotatable bonds is 10. The van der Waals surface area contributed by atoms with Gasteiger partial charge < -0.3 is 5.32 Å². The van der Waals surface area contributed by atoms with Crippen LogP contribution >= 0.6 is 23.4 Å². The molecule has 0 fully saturated rings. The maximum Gasteiger partial charge on any atom is 0.230 e. The summed E-state index contributed by atoms with van der Waals surface area (Å²) in [5, 5.41) is 3.81. The van der Waals surface area contributed by atoms with E-state index in [2.05, 4.69) is 29.0 Å². The molecule has 0 bridgehead atoms. The lowest BCUT2D eigenvalue weighted by Crippen LogP contribution is -2.38. The second kappa shape index (κ2) is 11.2. The molecule has 0 saturated carbocycles. The van der Waals surface area contributed by atoms with Crippen molar-refractivity contribution in [2.24, 2.45) is 0 Å². The van der Waals surface area contributed by atoms with Gasteiger partial charge in [-0.3, -0.25) is 14.7 Å². The molecule has 2 rings (SSSR count). The summed E-state index contributed by atoms with van der Waals surface area (Å²) in [6, 6.07) is 11.9. The van der Waals surface area contributed by atoms with E-state index in [0.717, 1.165) is 35.0 Å². The lowest BCUT2D eigenvalue weighted by molar-refractivity contribution is -0.118. The highest BCUT2D eigenvalue weighted by Gasteiger charge is 2.20. The zero-order valence-corrected chi connectivity index (χ0v) is 16.9. The van der Waals surface area contributed by atoms with Crippen LogP contribution in [0.25, 0.3) is 0 Å². The summed E-state index contributed by atoms with van der Waals surface area (Å²) >= 11 is 7.99. The van der Waals surface area contributed by atoms with Gasteiger partial charge in [-0.1, -0.05) is 49.7 Å². The molecule has 1 amide bonds. The number of hydrogen-bond acceptors (Lipinski definition) is 4. The molecule has 1 N–H and O–H groups in total. The fourth-order valence-corrected chi connectivity index (χ4v) is 3.91. The molecule has 2 aromatic rings. The maximum absolute atomic E-state index is 12.3. The van der Waals surface area contributed by atoms with E-state index in [4.69, 9.17) is 11.6 Å². The molecule has 1 unspecified atom stereocenters. The number of halogens is 1. The van der Waals surface area contributed by atoms with Crippen LogP contribution < -0.4 is 5.32 Å². The number of likely N-dealkylation sites (N-methyl/N-ethyl adjacent to an activating group) is 1. The number of carbonyl (C=O) groups excluding carboxylic acids is 1. The predicted molar refractivity (Wildman–Crippen MR) is 111 cm³/mol. The first-order chi connectivity index (χ1) is 12.7. The minimum atomic E-state index is 0.0445. The van der Waals surface area contributed by atoms with E-state index in [9.17, 15) is 4.79 Å². The summed E-state index contributed by atoms with van der Waals surface area (Å²) in [5.74, 6) is 1.26. The molecule has 1 aromatic heterocycles. The Morgan fingerprint density at radius 3 is 2.65 bits per heavy atom. The molecular weight excluding hydrogens is 366 g/mol. The second-order valence-electron chi connectivity index (χ2n) is 5.92. The molecule has 0 radical (unpaired) electrons. The van der Waals surface area contributed by atoms with Crippen molar-refractivity contribution in [1.82, 2.24) is 15.2 Å². The number of pyridine rings is 1. The third-order valence-corrected chi connectivity index (χ3v) is 5.58. The quantitative estimate of drug-likeness (QED) is 0.660. The number of thioether (sulfide) groups is 1. The standard InChI is InChI=1S/C20H26ClN3OS/c1-3-24(4-2)19(17-9-5-6-10-18(17)21)13-23-20(25)15-26-14-16-8-7-11-22-12-16/h5-12,19H,3-4,13-15H2,1-2H3,(H,23,25). The van der Waals surface area contributed by atoms with Crippen LogP contribution in [0.15, 0.2) is 48.8 Å². The van der Waals surface area contributed by atoms with Gasteiger partial charge >= 0.3 is 0 Å². The van der Waals surface area contributed by atoms with Crippen molar-refractivity contribution in [3.63, 3.8) is 0 Å². The van der Waals surface area contributed by atoms with Crippen molar-refractivity contribution in [2.75, 3.05) is 25.4 Å². The minimum Gasteiger partial charge on any atom is -0.353 e. The Hall–Kier alpha value is -1.56. The van der Waals surface area contributed by atoms with Crippen LogP contribution in [-0.2, 0) is 10.5 Å². The monoisotopic (exact) mass is 391 g/mol. The molecule has 0 saturated heterocycles. The van der Waals surface area contributed by atoms with Crippen LogP contribution in [0.2, 0.25) is 5.02 Å². The predicted octanol–water partition coefficient (Wildman–Crippen LogP) is 4.17. The van der Waals surface area contributed by atoms with Crippen LogP contribution in [0.1, 0.15) is 31.0 Å². The number of carbonyl (C=O) groups is 1. The summed E-state index contributed by atoms with van der Waals surface area (Å²) in [7, 11) is 0. The molecule has 0 aliphatic carbocycles. The van der Waals surface area contributed by atoms with Crippen molar-refractivity contribution >= 4 is 29.3 Å². The lowest BCUT2D eigenvalue weighted by Gasteiger charge is -2.30. The first-order valence-corrected chi connectivity index (χ1v) is 10.4. The molecule has 1 atom stereocenters. The summed E-state index contributed by atoms with van der Waals surface area (Å²) in [6.45, 7) is 6.60. The Labute approximate surface area is 165 Å². The minimum absolute atomic E-state index is 0.0445. The Bertz CT molecular complexity index is 680. The van der Waals surface area contributed by atoms with Crippen LogP contribution in [0.4, 0.5) is 0 Å². The van der Waals surface area contributed by atoms with E-state index in [0.29, 0.717) is 12.3 Å². The van der Waals surface area contributed by atoms with Gasteiger partial charge in [0.2, 0.25) is 5.91 Å². The van der Waals surface area contributed by atoms with E-state index < -0.39 is 0 Å². The summed E-state index contributed by atoms with van der Waals surface area (Å²) in [6.07, 6.45) is 3.58. The molecule has 0 spiro atoms. The molecule has 0 aliphatic rings. The molecule has 1 heterocycles. The number of benzene rings is 1. The van der Waals surface area contributed by atoms with Gasteiger partial charge in [0.15, 0.2) is 0 Å². The van der Waals surface area contributed by atoms with Crippen molar-refractivity contribution in [3.05, 3.63) is 64.9 Å². The molecule has 140 valence electrons. The van der Waals surface area contributed by atoms with Gasteiger partial charge in [-0.15, -0.1) is 11.8 Å². The molecule has 26 heavy (non-hydrogen) atoms. The molecule has 0 aliphatic heterocycles. The number of amides is 1. The Balaban J connectivity index is 1.89. The van der Waals surface area contributed by atoms with Crippen molar-refractivity contribution in [1.29, 1.82) is 0 Å². The van der Waals surface area contributed by atoms with E-state index in [1.807, 2.05) is 42.6 Å². The number of nitrogens with zero attached hydrogens (tertiary/aromatic N) is 2. The third kappa shape index (κ3) is 6.31. The molecule has 1 aromatic carbocycles. The Morgan fingerprint density at radius 1 is 1.23 bits per heavy atom. The zero-order chi connectivity index (χ0) is 18.8. The highest BCUT2D eigenvalue weighted by molar-refractivity contribution is 7.99. The number of hydrogen-bond donors (Lipinski definition) is 1. The number of aromatic nitrogens is 1. The van der Waals surface area contributed by atoms with Gasteiger partial charge in [-0.05, 0) is 36.3 Å².